The minimum atomic E-state index is 0.835. The monoisotopic (exact) mass is 246 g/mol. The predicted molar refractivity (Wildman–Crippen MR) is 79.1 cm³/mol. The van der Waals surface area contributed by atoms with Crippen molar-refractivity contribution in [1.29, 1.82) is 0 Å². The molecule has 1 heterocycles. The summed E-state index contributed by atoms with van der Waals surface area (Å²) in [4.78, 5) is 2.68. The van der Waals surface area contributed by atoms with E-state index in [-0.39, 0.29) is 0 Å². The number of nitrogens with zero attached hydrogens (tertiary/aromatic N) is 1. The topological polar surface area (TPSA) is 15.3 Å². The number of para-hydroxylation sites is 1. The Morgan fingerprint density at radius 2 is 2.06 bits per heavy atom. The lowest BCUT2D eigenvalue weighted by Crippen LogP contribution is -2.41. The third-order valence-electron chi connectivity index (χ3n) is 3.87. The molecular formula is C16H26N2. The molecule has 0 amide bonds. The highest BCUT2D eigenvalue weighted by molar-refractivity contribution is 5.42. The van der Waals surface area contributed by atoms with Crippen LogP contribution in [-0.4, -0.2) is 30.6 Å². The zero-order valence-corrected chi connectivity index (χ0v) is 11.6. The molecule has 0 aromatic heterocycles. The summed E-state index contributed by atoms with van der Waals surface area (Å²) in [5.41, 5.74) is 1.24. The zero-order chi connectivity index (χ0) is 12.6. The molecule has 1 saturated heterocycles. The molecule has 0 aliphatic carbocycles. The fourth-order valence-electron chi connectivity index (χ4n) is 2.91. The van der Waals surface area contributed by atoms with Gasteiger partial charge in [-0.3, -0.25) is 4.90 Å². The minimum absolute atomic E-state index is 0.835. The number of piperidine rings is 1. The lowest BCUT2D eigenvalue weighted by Gasteiger charge is -2.35. The summed E-state index contributed by atoms with van der Waals surface area (Å²) in [5, 5.41) is 3.51. The van der Waals surface area contributed by atoms with Crippen LogP contribution in [0.4, 0.5) is 5.69 Å². The fraction of sp³-hybridized carbons (Fsp3) is 0.625. The van der Waals surface area contributed by atoms with Crippen molar-refractivity contribution >= 4 is 5.69 Å². The zero-order valence-electron chi connectivity index (χ0n) is 11.6. The number of rotatable bonds is 6. The van der Waals surface area contributed by atoms with Crippen molar-refractivity contribution < 1.29 is 0 Å². The number of nitrogens with one attached hydrogen (secondary N) is 1. The van der Waals surface area contributed by atoms with Crippen LogP contribution < -0.4 is 5.32 Å². The second-order valence-electron chi connectivity index (χ2n) is 5.27. The molecule has 1 aromatic carbocycles. The van der Waals surface area contributed by atoms with Crippen molar-refractivity contribution in [3.63, 3.8) is 0 Å². The maximum Gasteiger partial charge on any atom is 0.0340 e. The van der Waals surface area contributed by atoms with Crippen LogP contribution in [0, 0.1) is 0 Å². The van der Waals surface area contributed by atoms with E-state index in [4.69, 9.17) is 0 Å². The van der Waals surface area contributed by atoms with Crippen molar-refractivity contribution in [2.24, 2.45) is 0 Å². The van der Waals surface area contributed by atoms with Crippen LogP contribution in [0.3, 0.4) is 0 Å². The molecule has 0 radical (unpaired) electrons. The van der Waals surface area contributed by atoms with E-state index >= 15 is 0 Å². The van der Waals surface area contributed by atoms with Gasteiger partial charge in [0.1, 0.15) is 0 Å². The second kappa shape index (κ2) is 7.42. The van der Waals surface area contributed by atoms with Gasteiger partial charge in [-0.15, -0.1) is 0 Å². The summed E-state index contributed by atoms with van der Waals surface area (Å²) in [6, 6.07) is 11.3. The molecule has 2 rings (SSSR count). The van der Waals surface area contributed by atoms with E-state index in [0.29, 0.717) is 0 Å². The van der Waals surface area contributed by atoms with Crippen LogP contribution in [-0.2, 0) is 0 Å². The van der Waals surface area contributed by atoms with Gasteiger partial charge in [0.25, 0.3) is 0 Å². The lowest BCUT2D eigenvalue weighted by molar-refractivity contribution is 0.145. The van der Waals surface area contributed by atoms with Gasteiger partial charge in [-0.25, -0.2) is 0 Å². The summed E-state index contributed by atoms with van der Waals surface area (Å²) in [7, 11) is 0. The van der Waals surface area contributed by atoms with Crippen LogP contribution in [0.25, 0.3) is 0 Å². The third kappa shape index (κ3) is 4.02. The number of hydrogen-bond donors (Lipinski definition) is 1. The summed E-state index contributed by atoms with van der Waals surface area (Å²) in [6.45, 7) is 5.83. The van der Waals surface area contributed by atoms with Crippen molar-refractivity contribution in [1.82, 2.24) is 4.90 Å². The van der Waals surface area contributed by atoms with Crippen molar-refractivity contribution in [2.45, 2.75) is 45.1 Å². The van der Waals surface area contributed by atoms with Crippen molar-refractivity contribution in [2.75, 3.05) is 25.0 Å². The van der Waals surface area contributed by atoms with Crippen molar-refractivity contribution in [3.8, 4) is 0 Å². The third-order valence-corrected chi connectivity index (χ3v) is 3.87. The Labute approximate surface area is 111 Å². The van der Waals surface area contributed by atoms with Gasteiger partial charge in [0.15, 0.2) is 0 Å². The average molecular weight is 246 g/mol. The largest absolute Gasteiger partial charge is 0.384 e. The number of anilines is 1. The molecule has 0 bridgehead atoms. The molecule has 1 fully saturated rings. The normalized spacial score (nSPS) is 20.8. The van der Waals surface area contributed by atoms with Crippen LogP contribution in [0.5, 0.6) is 0 Å². The molecule has 1 N–H and O–H groups in total. The smallest absolute Gasteiger partial charge is 0.0340 e. The highest BCUT2D eigenvalue weighted by Crippen LogP contribution is 2.20. The summed E-state index contributed by atoms with van der Waals surface area (Å²) in [6.07, 6.45) is 6.89. The van der Waals surface area contributed by atoms with Crippen molar-refractivity contribution in [3.05, 3.63) is 30.3 Å². The Morgan fingerprint density at radius 3 is 2.83 bits per heavy atom. The first-order valence-corrected chi connectivity index (χ1v) is 7.43. The van der Waals surface area contributed by atoms with Gasteiger partial charge in [0.05, 0.1) is 0 Å². The number of likely N-dealkylation sites (tertiary alicyclic amines) is 1. The molecule has 0 spiro atoms. The molecule has 1 unspecified atom stereocenters. The minimum Gasteiger partial charge on any atom is -0.384 e. The number of hydrogen-bond acceptors (Lipinski definition) is 2. The predicted octanol–water partition coefficient (Wildman–Crippen LogP) is 3.75. The molecule has 18 heavy (non-hydrogen) atoms. The second-order valence-corrected chi connectivity index (χ2v) is 5.27. The molecule has 1 aromatic rings. The Hall–Kier alpha value is -1.02. The van der Waals surface area contributed by atoms with E-state index in [1.54, 1.807) is 0 Å². The van der Waals surface area contributed by atoms with Gasteiger partial charge in [-0.1, -0.05) is 38.0 Å². The maximum atomic E-state index is 3.51. The molecule has 2 heteroatoms. The fourth-order valence-corrected chi connectivity index (χ4v) is 2.91. The van der Waals surface area contributed by atoms with Crippen LogP contribution in [0.2, 0.25) is 0 Å². The van der Waals surface area contributed by atoms with Gasteiger partial charge in [-0.05, 0) is 37.9 Å². The molecule has 0 saturated carbocycles. The van der Waals surface area contributed by atoms with Gasteiger partial charge in [-0.2, -0.15) is 0 Å². The molecule has 1 aliphatic heterocycles. The van der Waals surface area contributed by atoms with Gasteiger partial charge in [0, 0.05) is 24.8 Å². The van der Waals surface area contributed by atoms with Gasteiger partial charge in [0.2, 0.25) is 0 Å². The van der Waals surface area contributed by atoms with Crippen LogP contribution in [0.1, 0.15) is 39.0 Å². The summed E-state index contributed by atoms with van der Waals surface area (Å²) in [5.74, 6) is 0. The quantitative estimate of drug-likeness (QED) is 0.822. The first-order chi connectivity index (χ1) is 8.90. The van der Waals surface area contributed by atoms with Gasteiger partial charge >= 0.3 is 0 Å². The average Bonchev–Trinajstić information content (AvgIpc) is 2.42. The van der Waals surface area contributed by atoms with E-state index in [0.717, 1.165) is 12.6 Å². The van der Waals surface area contributed by atoms with E-state index in [1.807, 2.05) is 0 Å². The maximum absolute atomic E-state index is 3.51. The molecule has 1 atom stereocenters. The van der Waals surface area contributed by atoms with Gasteiger partial charge < -0.3 is 5.32 Å². The molecule has 1 aliphatic rings. The Morgan fingerprint density at radius 1 is 1.22 bits per heavy atom. The summed E-state index contributed by atoms with van der Waals surface area (Å²) >= 11 is 0. The Kier molecular flexibility index (Phi) is 5.53. The Balaban J connectivity index is 1.74. The highest BCUT2D eigenvalue weighted by Gasteiger charge is 2.20. The first-order valence-electron chi connectivity index (χ1n) is 7.43. The SMILES string of the molecule is CCCC1CCCCN1CCNc1ccccc1. The standard InChI is InChI=1S/C16H26N2/c1-2-8-16-11-6-7-13-18(16)14-12-17-15-9-4-3-5-10-15/h3-5,9-10,16-17H,2,6-8,11-14H2,1H3. The van der Waals surface area contributed by atoms with E-state index in [1.165, 1.54) is 50.9 Å². The molecular weight excluding hydrogens is 220 g/mol. The van der Waals surface area contributed by atoms with Crippen LogP contribution in [0.15, 0.2) is 30.3 Å². The molecule has 100 valence electrons. The molecule has 2 nitrogen and oxygen atoms in total. The number of benzene rings is 1. The summed E-state index contributed by atoms with van der Waals surface area (Å²) < 4.78 is 0. The Bertz CT molecular complexity index is 321. The van der Waals surface area contributed by atoms with E-state index in [9.17, 15) is 0 Å². The van der Waals surface area contributed by atoms with Crippen LogP contribution >= 0.6 is 0 Å². The van der Waals surface area contributed by atoms with E-state index in [2.05, 4.69) is 47.5 Å². The lowest BCUT2D eigenvalue weighted by atomic mass is 9.98. The van der Waals surface area contributed by atoms with E-state index < -0.39 is 0 Å². The highest BCUT2D eigenvalue weighted by atomic mass is 15.2. The first kappa shape index (κ1) is 13.4.